The molecule has 1 aromatic carbocycles. The maximum atomic E-state index is 5.64. The summed E-state index contributed by atoms with van der Waals surface area (Å²) in [6, 6.07) is 7.94. The summed E-state index contributed by atoms with van der Waals surface area (Å²) in [5.41, 5.74) is 7.67. The number of nitrogens with zero attached hydrogens (tertiary/aromatic N) is 1. The van der Waals surface area contributed by atoms with E-state index in [0.29, 0.717) is 6.54 Å². The SMILES string of the molecule is NCc1c2c(nc3ccccc13)O2. The van der Waals surface area contributed by atoms with Crippen molar-refractivity contribution in [3.05, 3.63) is 29.8 Å². The van der Waals surface area contributed by atoms with Gasteiger partial charge in [-0.05, 0) is 6.07 Å². The lowest BCUT2D eigenvalue weighted by molar-refractivity contribution is 0.631. The van der Waals surface area contributed by atoms with Crippen molar-refractivity contribution in [2.24, 2.45) is 5.73 Å². The van der Waals surface area contributed by atoms with Crippen molar-refractivity contribution in [3.8, 4) is 11.6 Å². The number of hydrogen-bond acceptors (Lipinski definition) is 3. The second kappa shape index (κ2) is 2.20. The Labute approximate surface area is 75.1 Å². The molecule has 0 saturated heterocycles. The smallest absolute Gasteiger partial charge is 0.264 e. The van der Waals surface area contributed by atoms with E-state index < -0.39 is 0 Å². The van der Waals surface area contributed by atoms with Crippen LogP contribution < -0.4 is 10.5 Å². The van der Waals surface area contributed by atoms with Gasteiger partial charge in [-0.25, -0.2) is 4.98 Å². The average Bonchev–Trinajstić information content (AvgIpc) is 2.92. The van der Waals surface area contributed by atoms with Crippen LogP contribution in [0, 0.1) is 0 Å². The Balaban J connectivity index is 2.45. The molecule has 0 fully saturated rings. The van der Waals surface area contributed by atoms with Crippen LogP contribution in [-0.4, -0.2) is 4.98 Å². The number of ether oxygens (including phenoxy) is 1. The zero-order valence-corrected chi connectivity index (χ0v) is 6.95. The Bertz CT molecular complexity index is 493. The summed E-state index contributed by atoms with van der Waals surface area (Å²) in [5.74, 6) is 1.61. The summed E-state index contributed by atoms with van der Waals surface area (Å²) in [7, 11) is 0. The number of fused-ring (bicyclic) bond motifs is 2. The second-order valence-electron chi connectivity index (χ2n) is 3.05. The molecule has 0 spiro atoms. The maximum Gasteiger partial charge on any atom is 0.264 e. The molecule has 64 valence electrons. The van der Waals surface area contributed by atoms with Crippen molar-refractivity contribution in [2.45, 2.75) is 6.54 Å². The Hall–Kier alpha value is -1.61. The van der Waals surface area contributed by atoms with E-state index in [1.807, 2.05) is 24.3 Å². The molecule has 2 aromatic rings. The van der Waals surface area contributed by atoms with Gasteiger partial charge in [0.05, 0.1) is 5.52 Å². The van der Waals surface area contributed by atoms with Crippen LogP contribution in [0.15, 0.2) is 24.3 Å². The third-order valence-corrected chi connectivity index (χ3v) is 2.28. The predicted molar refractivity (Wildman–Crippen MR) is 49.7 cm³/mol. The molecule has 3 heteroatoms. The first-order valence-electron chi connectivity index (χ1n) is 4.19. The molecule has 0 bridgehead atoms. The highest BCUT2D eigenvalue weighted by Gasteiger charge is 2.28. The lowest BCUT2D eigenvalue weighted by Crippen LogP contribution is -1.95. The standard InChI is InChI=1S/C10H8N2O/c11-5-7-6-3-1-2-4-8(6)12-10-9(7)13-10/h1-4H,5,11H2. The first-order chi connectivity index (χ1) is 6.40. The van der Waals surface area contributed by atoms with Crippen molar-refractivity contribution in [1.29, 1.82) is 0 Å². The molecule has 0 aliphatic carbocycles. The van der Waals surface area contributed by atoms with Gasteiger partial charge in [0.15, 0.2) is 5.75 Å². The molecular weight excluding hydrogens is 164 g/mol. The van der Waals surface area contributed by atoms with E-state index in [9.17, 15) is 0 Å². The summed E-state index contributed by atoms with van der Waals surface area (Å²) in [4.78, 5) is 4.30. The van der Waals surface area contributed by atoms with E-state index in [-0.39, 0.29) is 0 Å². The summed E-state index contributed by atoms with van der Waals surface area (Å²) < 4.78 is 5.21. The zero-order chi connectivity index (χ0) is 8.84. The molecule has 0 saturated carbocycles. The quantitative estimate of drug-likeness (QED) is 0.569. The van der Waals surface area contributed by atoms with E-state index in [1.165, 1.54) is 0 Å². The first kappa shape index (κ1) is 6.86. The van der Waals surface area contributed by atoms with Gasteiger partial charge < -0.3 is 10.5 Å². The number of benzene rings is 1. The van der Waals surface area contributed by atoms with Crippen molar-refractivity contribution < 1.29 is 4.74 Å². The second-order valence-corrected chi connectivity index (χ2v) is 3.05. The maximum absolute atomic E-state index is 5.64. The van der Waals surface area contributed by atoms with Crippen molar-refractivity contribution in [3.63, 3.8) is 0 Å². The van der Waals surface area contributed by atoms with E-state index in [4.69, 9.17) is 10.5 Å². The minimum absolute atomic E-state index is 0.505. The van der Waals surface area contributed by atoms with Crippen LogP contribution in [0.25, 0.3) is 10.9 Å². The van der Waals surface area contributed by atoms with Gasteiger partial charge in [0.1, 0.15) is 0 Å². The highest BCUT2D eigenvalue weighted by Crippen LogP contribution is 2.48. The summed E-state index contributed by atoms with van der Waals surface area (Å²) in [6.07, 6.45) is 0. The van der Waals surface area contributed by atoms with E-state index in [2.05, 4.69) is 4.98 Å². The predicted octanol–water partition coefficient (Wildman–Crippen LogP) is 1.80. The highest BCUT2D eigenvalue weighted by molar-refractivity contribution is 5.87. The van der Waals surface area contributed by atoms with E-state index in [1.54, 1.807) is 0 Å². The fourth-order valence-corrected chi connectivity index (χ4v) is 1.60. The minimum atomic E-state index is 0.505. The number of pyridine rings is 1. The molecule has 1 aliphatic rings. The van der Waals surface area contributed by atoms with Gasteiger partial charge >= 0.3 is 0 Å². The number of nitrogens with two attached hydrogens (primary N) is 1. The van der Waals surface area contributed by atoms with E-state index in [0.717, 1.165) is 28.1 Å². The van der Waals surface area contributed by atoms with Crippen molar-refractivity contribution >= 4 is 10.9 Å². The molecule has 0 radical (unpaired) electrons. The third-order valence-electron chi connectivity index (χ3n) is 2.28. The highest BCUT2D eigenvalue weighted by atomic mass is 16.6. The Morgan fingerprint density at radius 2 is 2.15 bits per heavy atom. The van der Waals surface area contributed by atoms with Gasteiger partial charge in [-0.1, -0.05) is 18.2 Å². The van der Waals surface area contributed by atoms with Gasteiger partial charge in [-0.15, -0.1) is 0 Å². The van der Waals surface area contributed by atoms with Gasteiger partial charge in [0.2, 0.25) is 0 Å². The van der Waals surface area contributed by atoms with Crippen LogP contribution in [0.4, 0.5) is 0 Å². The van der Waals surface area contributed by atoms with Crippen molar-refractivity contribution in [2.75, 3.05) is 0 Å². The van der Waals surface area contributed by atoms with Gasteiger partial charge in [0.25, 0.3) is 5.88 Å². The normalized spacial score (nSPS) is 12.4. The molecule has 2 N–H and O–H groups in total. The minimum Gasteiger partial charge on any atom is -0.430 e. The van der Waals surface area contributed by atoms with E-state index >= 15 is 0 Å². The fraction of sp³-hybridized carbons (Fsp3) is 0.100. The molecule has 3 rings (SSSR count). The summed E-state index contributed by atoms with van der Waals surface area (Å²) >= 11 is 0. The number of aromatic nitrogens is 1. The van der Waals surface area contributed by atoms with Crippen LogP contribution >= 0.6 is 0 Å². The van der Waals surface area contributed by atoms with Crippen LogP contribution in [0.5, 0.6) is 11.6 Å². The lowest BCUT2D eigenvalue weighted by Gasteiger charge is -1.97. The Kier molecular flexibility index (Phi) is 1.16. The molecule has 3 nitrogen and oxygen atoms in total. The first-order valence-corrected chi connectivity index (χ1v) is 4.19. The number of para-hydroxylation sites is 1. The molecule has 0 unspecified atom stereocenters. The van der Waals surface area contributed by atoms with Gasteiger partial charge in [0, 0.05) is 17.5 Å². The lowest BCUT2D eigenvalue weighted by atomic mass is 10.1. The third kappa shape index (κ3) is 0.847. The molecule has 13 heavy (non-hydrogen) atoms. The van der Waals surface area contributed by atoms with Crippen LogP contribution in [-0.2, 0) is 6.54 Å². The number of hydrogen-bond donors (Lipinski definition) is 1. The molecular formula is C10H8N2O. The molecule has 1 aromatic heterocycles. The van der Waals surface area contributed by atoms with Crippen LogP contribution in [0.1, 0.15) is 5.56 Å². The average molecular weight is 172 g/mol. The Morgan fingerprint density at radius 3 is 3.00 bits per heavy atom. The molecule has 0 atom stereocenters. The number of rotatable bonds is 1. The largest absolute Gasteiger partial charge is 0.430 e. The van der Waals surface area contributed by atoms with Crippen molar-refractivity contribution in [1.82, 2.24) is 4.98 Å². The van der Waals surface area contributed by atoms with Crippen LogP contribution in [0.2, 0.25) is 0 Å². The topological polar surface area (TPSA) is 51.4 Å². The molecule has 2 heterocycles. The Morgan fingerprint density at radius 1 is 1.31 bits per heavy atom. The van der Waals surface area contributed by atoms with Crippen LogP contribution in [0.3, 0.4) is 0 Å². The summed E-state index contributed by atoms with van der Waals surface area (Å²) in [6.45, 7) is 0.505. The molecule has 1 aliphatic heterocycles. The summed E-state index contributed by atoms with van der Waals surface area (Å²) in [5, 5.41) is 1.10. The molecule has 0 amide bonds. The monoisotopic (exact) mass is 172 g/mol. The zero-order valence-electron chi connectivity index (χ0n) is 6.95. The van der Waals surface area contributed by atoms with Gasteiger partial charge in [-0.2, -0.15) is 0 Å². The fourth-order valence-electron chi connectivity index (χ4n) is 1.60. The van der Waals surface area contributed by atoms with Gasteiger partial charge in [-0.3, -0.25) is 0 Å².